The monoisotopic (exact) mass is 254 g/mol. The molecule has 0 spiro atoms. The summed E-state index contributed by atoms with van der Waals surface area (Å²) in [6.07, 6.45) is 1.54. The van der Waals surface area contributed by atoms with Gasteiger partial charge in [0.25, 0.3) is 0 Å². The zero-order valence-corrected chi connectivity index (χ0v) is 10.1. The fraction of sp³-hybridized carbons (Fsp3) is 0.250. The summed E-state index contributed by atoms with van der Waals surface area (Å²) in [4.78, 5) is 4.24. The number of oxazole rings is 1. The molecule has 0 saturated heterocycles. The molecule has 0 bridgehead atoms. The van der Waals surface area contributed by atoms with Crippen LogP contribution in [0.3, 0.4) is 0 Å². The van der Waals surface area contributed by atoms with Crippen LogP contribution < -0.4 is 5.32 Å². The first-order chi connectivity index (χ1) is 8.22. The third-order valence-electron chi connectivity index (χ3n) is 2.29. The van der Waals surface area contributed by atoms with E-state index in [1.807, 2.05) is 6.92 Å². The molecular weight excluding hydrogens is 243 g/mol. The van der Waals surface area contributed by atoms with Crippen LogP contribution in [-0.4, -0.2) is 11.5 Å². The van der Waals surface area contributed by atoms with E-state index in [0.717, 1.165) is 12.2 Å². The average Bonchev–Trinajstić information content (AvgIpc) is 2.78. The molecular formula is C12H12ClFN2O. The van der Waals surface area contributed by atoms with Gasteiger partial charge in [-0.3, -0.25) is 0 Å². The van der Waals surface area contributed by atoms with Crippen molar-refractivity contribution in [2.24, 2.45) is 0 Å². The molecule has 5 heteroatoms. The van der Waals surface area contributed by atoms with Gasteiger partial charge in [-0.1, -0.05) is 24.6 Å². The maximum Gasteiger partial charge on any atom is 0.227 e. The van der Waals surface area contributed by atoms with E-state index >= 15 is 0 Å². The number of rotatable bonds is 4. The van der Waals surface area contributed by atoms with Crippen LogP contribution in [0.25, 0.3) is 11.5 Å². The number of halogens is 2. The van der Waals surface area contributed by atoms with E-state index in [4.69, 9.17) is 16.0 Å². The van der Waals surface area contributed by atoms with Crippen LogP contribution in [0.4, 0.5) is 4.39 Å². The Morgan fingerprint density at radius 2 is 2.29 bits per heavy atom. The van der Waals surface area contributed by atoms with Gasteiger partial charge < -0.3 is 9.73 Å². The van der Waals surface area contributed by atoms with E-state index in [1.165, 1.54) is 6.07 Å². The van der Waals surface area contributed by atoms with E-state index in [1.54, 1.807) is 18.4 Å². The third-order valence-corrected chi connectivity index (χ3v) is 2.67. The van der Waals surface area contributed by atoms with Gasteiger partial charge >= 0.3 is 0 Å². The van der Waals surface area contributed by atoms with Crippen LogP contribution >= 0.6 is 11.6 Å². The summed E-state index contributed by atoms with van der Waals surface area (Å²) in [5.74, 6) is -0.141. The highest BCUT2D eigenvalue weighted by atomic mass is 35.5. The van der Waals surface area contributed by atoms with E-state index in [0.29, 0.717) is 18.0 Å². The first-order valence-electron chi connectivity index (χ1n) is 5.32. The third kappa shape index (κ3) is 2.65. The predicted molar refractivity (Wildman–Crippen MR) is 64.3 cm³/mol. The Kier molecular flexibility index (Phi) is 3.76. The number of nitrogens with one attached hydrogen (secondary N) is 1. The van der Waals surface area contributed by atoms with Gasteiger partial charge in [0.05, 0.1) is 16.3 Å². The van der Waals surface area contributed by atoms with Crippen LogP contribution in [0.15, 0.2) is 28.9 Å². The Bertz CT molecular complexity index is 513. The van der Waals surface area contributed by atoms with Crippen LogP contribution in [0.2, 0.25) is 5.02 Å². The van der Waals surface area contributed by atoms with Crippen molar-refractivity contribution in [3.8, 4) is 11.5 Å². The normalized spacial score (nSPS) is 10.8. The zero-order chi connectivity index (χ0) is 12.3. The lowest BCUT2D eigenvalue weighted by atomic mass is 10.2. The zero-order valence-electron chi connectivity index (χ0n) is 9.34. The standard InChI is InChI=1S/C12H12ClFN2O/c1-2-15-6-8-7-17-12(16-8)9-4-3-5-10(14)11(9)13/h3-5,7,15H,2,6H2,1H3. The molecule has 0 atom stereocenters. The lowest BCUT2D eigenvalue weighted by Crippen LogP contribution is -2.11. The van der Waals surface area contributed by atoms with Crippen LogP contribution in [-0.2, 0) is 6.54 Å². The smallest absolute Gasteiger partial charge is 0.227 e. The molecule has 1 aromatic carbocycles. The molecule has 0 fully saturated rings. The Morgan fingerprint density at radius 3 is 3.06 bits per heavy atom. The molecule has 0 unspecified atom stereocenters. The van der Waals surface area contributed by atoms with Crippen molar-refractivity contribution in [3.05, 3.63) is 41.0 Å². The van der Waals surface area contributed by atoms with Gasteiger partial charge in [-0.15, -0.1) is 0 Å². The second kappa shape index (κ2) is 5.29. The van der Waals surface area contributed by atoms with Crippen LogP contribution in [0.1, 0.15) is 12.6 Å². The molecule has 0 aliphatic carbocycles. The molecule has 0 aliphatic rings. The van der Waals surface area contributed by atoms with Crippen molar-refractivity contribution in [1.82, 2.24) is 10.3 Å². The van der Waals surface area contributed by atoms with Gasteiger partial charge in [0.2, 0.25) is 5.89 Å². The van der Waals surface area contributed by atoms with E-state index in [-0.39, 0.29) is 5.02 Å². The minimum atomic E-state index is -0.476. The molecule has 0 saturated carbocycles. The molecule has 90 valence electrons. The molecule has 0 radical (unpaired) electrons. The average molecular weight is 255 g/mol. The molecule has 0 aliphatic heterocycles. The number of hydrogen-bond donors (Lipinski definition) is 1. The summed E-state index contributed by atoms with van der Waals surface area (Å²) in [5.41, 5.74) is 1.23. The van der Waals surface area contributed by atoms with E-state index in [2.05, 4.69) is 10.3 Å². The van der Waals surface area contributed by atoms with Crippen molar-refractivity contribution in [2.75, 3.05) is 6.54 Å². The fourth-order valence-electron chi connectivity index (χ4n) is 1.43. The van der Waals surface area contributed by atoms with Crippen molar-refractivity contribution < 1.29 is 8.81 Å². The predicted octanol–water partition coefficient (Wildman–Crippen LogP) is 3.24. The molecule has 0 amide bonds. The highest BCUT2D eigenvalue weighted by molar-refractivity contribution is 6.33. The van der Waals surface area contributed by atoms with Gasteiger partial charge in [0, 0.05) is 6.54 Å². The van der Waals surface area contributed by atoms with Crippen LogP contribution in [0, 0.1) is 5.82 Å². The number of benzene rings is 1. The maximum atomic E-state index is 13.3. The molecule has 3 nitrogen and oxygen atoms in total. The van der Waals surface area contributed by atoms with Gasteiger partial charge in [-0.05, 0) is 18.7 Å². The minimum absolute atomic E-state index is 0.0318. The highest BCUT2D eigenvalue weighted by Gasteiger charge is 2.12. The maximum absolute atomic E-state index is 13.3. The van der Waals surface area contributed by atoms with Gasteiger partial charge in [0.1, 0.15) is 12.1 Å². The molecule has 1 heterocycles. The molecule has 2 aromatic rings. The summed E-state index contributed by atoms with van der Waals surface area (Å²) >= 11 is 5.85. The quantitative estimate of drug-likeness (QED) is 0.910. The summed E-state index contributed by atoms with van der Waals surface area (Å²) in [6.45, 7) is 3.47. The lowest BCUT2D eigenvalue weighted by molar-refractivity contribution is 0.569. The Labute approximate surface area is 104 Å². The first-order valence-corrected chi connectivity index (χ1v) is 5.69. The van der Waals surface area contributed by atoms with E-state index in [9.17, 15) is 4.39 Å². The van der Waals surface area contributed by atoms with Gasteiger partial charge in [0.15, 0.2) is 0 Å². The Hall–Kier alpha value is -1.39. The summed E-state index contributed by atoms with van der Waals surface area (Å²) < 4.78 is 18.5. The van der Waals surface area contributed by atoms with Crippen molar-refractivity contribution in [1.29, 1.82) is 0 Å². The summed E-state index contributed by atoms with van der Waals surface area (Å²) in [7, 11) is 0. The van der Waals surface area contributed by atoms with Crippen LogP contribution in [0.5, 0.6) is 0 Å². The van der Waals surface area contributed by atoms with Crippen molar-refractivity contribution >= 4 is 11.6 Å². The van der Waals surface area contributed by atoms with Gasteiger partial charge in [-0.25, -0.2) is 9.37 Å². The number of nitrogens with zero attached hydrogens (tertiary/aromatic N) is 1. The second-order valence-electron chi connectivity index (χ2n) is 3.53. The minimum Gasteiger partial charge on any atom is -0.444 e. The summed E-state index contributed by atoms with van der Waals surface area (Å²) in [6, 6.07) is 4.55. The molecule has 1 aromatic heterocycles. The SMILES string of the molecule is CCNCc1coc(-c2cccc(F)c2Cl)n1. The number of hydrogen-bond acceptors (Lipinski definition) is 3. The van der Waals surface area contributed by atoms with Crippen molar-refractivity contribution in [2.45, 2.75) is 13.5 Å². The molecule has 17 heavy (non-hydrogen) atoms. The molecule has 1 N–H and O–H groups in total. The fourth-order valence-corrected chi connectivity index (χ4v) is 1.64. The lowest BCUT2D eigenvalue weighted by Gasteiger charge is -1.99. The van der Waals surface area contributed by atoms with Crippen molar-refractivity contribution in [3.63, 3.8) is 0 Å². The number of aromatic nitrogens is 1. The topological polar surface area (TPSA) is 38.1 Å². The summed E-state index contributed by atoms with van der Waals surface area (Å²) in [5, 5.41) is 3.16. The van der Waals surface area contributed by atoms with Gasteiger partial charge in [-0.2, -0.15) is 0 Å². The largest absolute Gasteiger partial charge is 0.444 e. The Balaban J connectivity index is 2.27. The molecule has 2 rings (SSSR count). The second-order valence-corrected chi connectivity index (χ2v) is 3.90. The Morgan fingerprint density at radius 1 is 1.47 bits per heavy atom. The highest BCUT2D eigenvalue weighted by Crippen LogP contribution is 2.29. The first kappa shape index (κ1) is 12.1. The van der Waals surface area contributed by atoms with E-state index < -0.39 is 5.82 Å².